The second kappa shape index (κ2) is 4.71. The summed E-state index contributed by atoms with van der Waals surface area (Å²) in [7, 11) is 0. The van der Waals surface area contributed by atoms with Crippen LogP contribution in [0.5, 0.6) is 0 Å². The summed E-state index contributed by atoms with van der Waals surface area (Å²) in [6.45, 7) is 1.89. The zero-order chi connectivity index (χ0) is 12.4. The molecule has 1 aliphatic rings. The average molecular weight is 239 g/mol. The van der Waals surface area contributed by atoms with E-state index in [1.807, 2.05) is 6.92 Å². The van der Waals surface area contributed by atoms with Crippen LogP contribution in [0.25, 0.3) is 0 Å². The number of rotatable bonds is 3. The van der Waals surface area contributed by atoms with Crippen LogP contribution in [0.2, 0.25) is 0 Å². The fourth-order valence-corrected chi connectivity index (χ4v) is 1.82. The van der Waals surface area contributed by atoms with Gasteiger partial charge in [0.25, 0.3) is 0 Å². The monoisotopic (exact) mass is 239 g/mol. The van der Waals surface area contributed by atoms with Gasteiger partial charge in [-0.3, -0.25) is 4.90 Å². The first-order chi connectivity index (χ1) is 8.15. The van der Waals surface area contributed by atoms with E-state index in [1.165, 1.54) is 11.0 Å². The average Bonchev–Trinajstić information content (AvgIpc) is 2.70. The number of anilines is 1. The van der Waals surface area contributed by atoms with Crippen LogP contribution < -0.4 is 4.90 Å². The highest BCUT2D eigenvalue weighted by atomic mass is 19.1. The predicted molar refractivity (Wildman–Crippen MR) is 60.5 cm³/mol. The Hall–Kier alpha value is -1.62. The first-order valence-electron chi connectivity index (χ1n) is 5.53. The van der Waals surface area contributed by atoms with Gasteiger partial charge < -0.3 is 9.84 Å². The van der Waals surface area contributed by atoms with Gasteiger partial charge in [-0.2, -0.15) is 0 Å². The number of aliphatic hydroxyl groups is 1. The van der Waals surface area contributed by atoms with Crippen molar-refractivity contribution >= 4 is 11.8 Å². The zero-order valence-corrected chi connectivity index (χ0v) is 9.52. The number of carbonyl (C=O) groups is 1. The Bertz CT molecular complexity index is 436. The van der Waals surface area contributed by atoms with Crippen LogP contribution in [0.4, 0.5) is 14.9 Å². The Morgan fingerprint density at radius 1 is 1.59 bits per heavy atom. The number of aliphatic hydroxyl groups excluding tert-OH is 1. The normalized spacial score (nSPS) is 19.6. The Balaban J connectivity index is 2.23. The number of carbonyl (C=O) groups excluding carboxylic acids is 1. The second-order valence-corrected chi connectivity index (χ2v) is 3.93. The van der Waals surface area contributed by atoms with Gasteiger partial charge in [-0.05, 0) is 24.1 Å². The SMILES string of the molecule is CCc1ccc(N2C[C@H](CO)OC2=O)cc1F. The summed E-state index contributed by atoms with van der Waals surface area (Å²) in [6, 6.07) is 4.66. The highest BCUT2D eigenvalue weighted by molar-refractivity contribution is 5.89. The van der Waals surface area contributed by atoms with Crippen LogP contribution in [0.1, 0.15) is 12.5 Å². The van der Waals surface area contributed by atoms with Gasteiger partial charge >= 0.3 is 6.09 Å². The van der Waals surface area contributed by atoms with Crippen molar-refractivity contribution in [2.45, 2.75) is 19.4 Å². The van der Waals surface area contributed by atoms with E-state index in [9.17, 15) is 9.18 Å². The molecule has 1 atom stereocenters. The molecule has 1 N–H and O–H groups in total. The standard InChI is InChI=1S/C12H14FNO3/c1-2-8-3-4-9(5-11(8)13)14-6-10(7-15)17-12(14)16/h3-5,10,15H,2,6-7H2,1H3/t10-/m1/s1. The summed E-state index contributed by atoms with van der Waals surface area (Å²) >= 11 is 0. The van der Waals surface area contributed by atoms with Crippen molar-refractivity contribution in [3.05, 3.63) is 29.6 Å². The topological polar surface area (TPSA) is 49.8 Å². The molecule has 4 nitrogen and oxygen atoms in total. The second-order valence-electron chi connectivity index (χ2n) is 3.93. The molecule has 1 amide bonds. The molecule has 1 aromatic carbocycles. The highest BCUT2D eigenvalue weighted by Gasteiger charge is 2.31. The van der Waals surface area contributed by atoms with Crippen LogP contribution in [0.15, 0.2) is 18.2 Å². The molecule has 5 heteroatoms. The molecule has 0 aromatic heterocycles. The minimum atomic E-state index is -0.548. The van der Waals surface area contributed by atoms with Crippen LogP contribution in [-0.4, -0.2) is 30.5 Å². The van der Waals surface area contributed by atoms with Gasteiger partial charge in [0.2, 0.25) is 0 Å². The van der Waals surface area contributed by atoms with Crippen molar-refractivity contribution in [1.82, 2.24) is 0 Å². The maximum absolute atomic E-state index is 13.6. The number of halogens is 1. The summed E-state index contributed by atoms with van der Waals surface area (Å²) in [5, 5.41) is 8.91. The number of hydrogen-bond acceptors (Lipinski definition) is 3. The smallest absolute Gasteiger partial charge is 0.414 e. The highest BCUT2D eigenvalue weighted by Crippen LogP contribution is 2.23. The molecule has 0 spiro atoms. The minimum Gasteiger partial charge on any atom is -0.441 e. The zero-order valence-electron chi connectivity index (χ0n) is 9.52. The number of hydrogen-bond donors (Lipinski definition) is 1. The Labute approximate surface area is 98.6 Å². The molecule has 0 radical (unpaired) electrons. The number of aryl methyl sites for hydroxylation is 1. The van der Waals surface area contributed by atoms with Crippen molar-refractivity contribution in [3.8, 4) is 0 Å². The molecule has 2 rings (SSSR count). The first kappa shape index (κ1) is 11.9. The third-order valence-electron chi connectivity index (χ3n) is 2.81. The number of benzene rings is 1. The molecule has 17 heavy (non-hydrogen) atoms. The lowest BCUT2D eigenvalue weighted by atomic mass is 10.1. The summed E-state index contributed by atoms with van der Waals surface area (Å²) in [5.74, 6) is -0.328. The van der Waals surface area contributed by atoms with Crippen molar-refractivity contribution in [3.63, 3.8) is 0 Å². The number of cyclic esters (lactones) is 1. The van der Waals surface area contributed by atoms with E-state index in [4.69, 9.17) is 9.84 Å². The molecule has 1 aliphatic heterocycles. The van der Waals surface area contributed by atoms with Crippen LogP contribution in [-0.2, 0) is 11.2 Å². The fraction of sp³-hybridized carbons (Fsp3) is 0.417. The van der Waals surface area contributed by atoms with E-state index >= 15 is 0 Å². The third-order valence-corrected chi connectivity index (χ3v) is 2.81. The molecule has 1 saturated heterocycles. The first-order valence-corrected chi connectivity index (χ1v) is 5.53. The summed E-state index contributed by atoms with van der Waals surface area (Å²) in [5.41, 5.74) is 1.07. The van der Waals surface area contributed by atoms with Crippen LogP contribution in [0.3, 0.4) is 0 Å². The van der Waals surface area contributed by atoms with Gasteiger partial charge in [0.05, 0.1) is 18.8 Å². The van der Waals surface area contributed by atoms with Gasteiger partial charge in [0.1, 0.15) is 11.9 Å². The lowest BCUT2D eigenvalue weighted by Gasteiger charge is -2.13. The van der Waals surface area contributed by atoms with Crippen LogP contribution >= 0.6 is 0 Å². The van der Waals surface area contributed by atoms with Crippen LogP contribution in [0, 0.1) is 5.82 Å². The Kier molecular flexibility index (Phi) is 3.28. The molecule has 1 heterocycles. The quantitative estimate of drug-likeness (QED) is 0.873. The molecule has 92 valence electrons. The fourth-order valence-electron chi connectivity index (χ4n) is 1.82. The molecule has 0 unspecified atom stereocenters. The summed E-state index contributed by atoms with van der Waals surface area (Å²) < 4.78 is 18.5. The third kappa shape index (κ3) is 2.24. The van der Waals surface area contributed by atoms with E-state index in [-0.39, 0.29) is 19.0 Å². The molecule has 1 aromatic rings. The molecular formula is C12H14FNO3. The predicted octanol–water partition coefficient (Wildman–Crippen LogP) is 1.71. The number of nitrogens with zero attached hydrogens (tertiary/aromatic N) is 1. The summed E-state index contributed by atoms with van der Waals surface area (Å²) in [4.78, 5) is 12.8. The molecule has 0 aliphatic carbocycles. The van der Waals surface area contributed by atoms with E-state index < -0.39 is 12.2 Å². The van der Waals surface area contributed by atoms with E-state index in [0.29, 0.717) is 17.7 Å². The van der Waals surface area contributed by atoms with Gasteiger partial charge in [0.15, 0.2) is 0 Å². The minimum absolute atomic E-state index is 0.224. The largest absolute Gasteiger partial charge is 0.441 e. The Morgan fingerprint density at radius 3 is 2.88 bits per heavy atom. The van der Waals surface area contributed by atoms with E-state index in [1.54, 1.807) is 12.1 Å². The lowest BCUT2D eigenvalue weighted by Crippen LogP contribution is -2.25. The van der Waals surface area contributed by atoms with Crippen molar-refractivity contribution in [1.29, 1.82) is 0 Å². The van der Waals surface area contributed by atoms with E-state index in [2.05, 4.69) is 0 Å². The lowest BCUT2D eigenvalue weighted by molar-refractivity contribution is 0.0963. The molecule has 0 bridgehead atoms. The molecule has 0 saturated carbocycles. The number of ether oxygens (including phenoxy) is 1. The summed E-state index contributed by atoms with van der Waals surface area (Å²) in [6.07, 6.45) is -0.473. The van der Waals surface area contributed by atoms with Gasteiger partial charge in [-0.15, -0.1) is 0 Å². The van der Waals surface area contributed by atoms with Gasteiger partial charge in [0, 0.05) is 0 Å². The number of amides is 1. The molecular weight excluding hydrogens is 225 g/mol. The maximum Gasteiger partial charge on any atom is 0.414 e. The van der Waals surface area contributed by atoms with Gasteiger partial charge in [-0.1, -0.05) is 13.0 Å². The van der Waals surface area contributed by atoms with Crippen molar-refractivity contribution in [2.75, 3.05) is 18.1 Å². The van der Waals surface area contributed by atoms with Gasteiger partial charge in [-0.25, -0.2) is 9.18 Å². The van der Waals surface area contributed by atoms with Crippen molar-refractivity contribution < 1.29 is 19.0 Å². The van der Waals surface area contributed by atoms with E-state index in [0.717, 1.165) is 0 Å². The molecule has 1 fully saturated rings. The van der Waals surface area contributed by atoms with Crippen molar-refractivity contribution in [2.24, 2.45) is 0 Å². The Morgan fingerprint density at radius 2 is 2.35 bits per heavy atom. The maximum atomic E-state index is 13.6.